The number of para-hydroxylation sites is 2. The summed E-state index contributed by atoms with van der Waals surface area (Å²) < 4.78 is 2.37. The van der Waals surface area contributed by atoms with Gasteiger partial charge in [0.15, 0.2) is 0 Å². The second kappa shape index (κ2) is 9.09. The third-order valence-corrected chi connectivity index (χ3v) is 9.69. The van der Waals surface area contributed by atoms with E-state index in [-0.39, 0.29) is 11.5 Å². The Kier molecular flexibility index (Phi) is 5.40. The molecule has 2 heterocycles. The molecule has 0 saturated heterocycles. The lowest BCUT2D eigenvalue weighted by molar-refractivity contribution is 0.644. The summed E-state index contributed by atoms with van der Waals surface area (Å²) in [7, 11) is 0. The predicted octanol–water partition coefficient (Wildman–Crippen LogP) is 10.3. The summed E-state index contributed by atoms with van der Waals surface area (Å²) in [5, 5.41) is 2.53. The Morgan fingerprint density at radius 2 is 1.62 bits per heavy atom. The summed E-state index contributed by atoms with van der Waals surface area (Å²) in [5.41, 5.74) is 13.3. The first-order valence-electron chi connectivity index (χ1n) is 14.9. The number of allylic oxidation sites excluding steroid dienone is 7. The van der Waals surface area contributed by atoms with Gasteiger partial charge in [0.05, 0.1) is 17.1 Å². The fourth-order valence-electron chi connectivity index (χ4n) is 7.87. The molecule has 0 radical (unpaired) electrons. The summed E-state index contributed by atoms with van der Waals surface area (Å²) in [6.07, 6.45) is 13.0. The van der Waals surface area contributed by atoms with Crippen molar-refractivity contribution in [3.05, 3.63) is 156 Å². The first-order chi connectivity index (χ1) is 20.5. The molecule has 0 bridgehead atoms. The molecule has 42 heavy (non-hydrogen) atoms. The summed E-state index contributed by atoms with van der Waals surface area (Å²) in [6, 6.07) is 34.1. The average Bonchev–Trinajstić information content (AvgIpc) is 3.61. The highest BCUT2D eigenvalue weighted by molar-refractivity contribution is 6.11. The molecule has 2 nitrogen and oxygen atoms in total. The van der Waals surface area contributed by atoms with Crippen LogP contribution in [0.5, 0.6) is 0 Å². The third-order valence-electron chi connectivity index (χ3n) is 9.69. The molecule has 2 aliphatic carbocycles. The van der Waals surface area contributed by atoms with Crippen molar-refractivity contribution in [3.8, 4) is 0 Å². The Hall–Kier alpha value is -4.82. The number of nitrogens with zero attached hydrogens (tertiary/aromatic N) is 2. The maximum atomic E-state index is 3.88. The van der Waals surface area contributed by atoms with Crippen LogP contribution in [-0.4, -0.2) is 10.6 Å². The van der Waals surface area contributed by atoms with Gasteiger partial charge in [-0.05, 0) is 71.2 Å². The van der Waals surface area contributed by atoms with Gasteiger partial charge >= 0.3 is 0 Å². The first-order valence-corrected chi connectivity index (χ1v) is 14.9. The van der Waals surface area contributed by atoms with Gasteiger partial charge in [0.25, 0.3) is 0 Å². The van der Waals surface area contributed by atoms with Crippen LogP contribution in [0, 0.1) is 0 Å². The van der Waals surface area contributed by atoms with Gasteiger partial charge in [-0.2, -0.15) is 0 Å². The van der Waals surface area contributed by atoms with Gasteiger partial charge in [0.2, 0.25) is 0 Å². The van der Waals surface area contributed by atoms with E-state index in [0.717, 1.165) is 5.70 Å². The van der Waals surface area contributed by atoms with Gasteiger partial charge in [0, 0.05) is 39.2 Å². The molecule has 0 amide bonds. The number of fused-ring (bicyclic) bond motifs is 9. The largest absolute Gasteiger partial charge is 0.333 e. The topological polar surface area (TPSA) is 8.17 Å². The number of anilines is 2. The molecule has 0 fully saturated rings. The van der Waals surface area contributed by atoms with Crippen LogP contribution >= 0.6 is 0 Å². The van der Waals surface area contributed by atoms with Crippen molar-refractivity contribution in [1.29, 1.82) is 0 Å². The molecule has 1 aromatic heterocycles. The summed E-state index contributed by atoms with van der Waals surface area (Å²) in [4.78, 5) is 2.58. The average molecular weight is 543 g/mol. The molecule has 1 unspecified atom stereocenters. The maximum absolute atomic E-state index is 3.88. The molecule has 204 valence electrons. The van der Waals surface area contributed by atoms with E-state index in [4.69, 9.17) is 0 Å². The summed E-state index contributed by atoms with van der Waals surface area (Å²) in [6.45, 7) is 10.7. The third kappa shape index (κ3) is 3.27. The van der Waals surface area contributed by atoms with Crippen LogP contribution in [0.2, 0.25) is 0 Å². The van der Waals surface area contributed by atoms with Crippen LogP contribution in [0.25, 0.3) is 33.1 Å². The van der Waals surface area contributed by atoms with Gasteiger partial charge in [0.1, 0.15) is 0 Å². The molecular formula is C40H34N2. The monoisotopic (exact) mass is 542 g/mol. The molecular weight excluding hydrogens is 508 g/mol. The van der Waals surface area contributed by atoms with Crippen LogP contribution < -0.4 is 4.90 Å². The minimum Gasteiger partial charge on any atom is -0.333 e. The number of rotatable bonds is 4. The molecule has 0 N–H and O–H groups in total. The van der Waals surface area contributed by atoms with E-state index in [1.807, 2.05) is 12.2 Å². The Morgan fingerprint density at radius 3 is 2.48 bits per heavy atom. The molecule has 4 aromatic carbocycles. The Labute approximate surface area is 247 Å². The van der Waals surface area contributed by atoms with Crippen molar-refractivity contribution in [2.75, 3.05) is 4.90 Å². The van der Waals surface area contributed by atoms with E-state index in [0.29, 0.717) is 5.92 Å². The highest BCUT2D eigenvalue weighted by Crippen LogP contribution is 2.60. The minimum absolute atomic E-state index is 0.00104. The highest BCUT2D eigenvalue weighted by atomic mass is 15.2. The van der Waals surface area contributed by atoms with Crippen LogP contribution in [0.15, 0.2) is 140 Å². The smallest absolute Gasteiger partial charge is 0.0635 e. The van der Waals surface area contributed by atoms with Crippen molar-refractivity contribution < 1.29 is 0 Å². The molecule has 2 atom stereocenters. The predicted molar refractivity (Wildman–Crippen MR) is 179 cm³/mol. The van der Waals surface area contributed by atoms with E-state index in [1.54, 1.807) is 0 Å². The van der Waals surface area contributed by atoms with Gasteiger partial charge in [-0.15, -0.1) is 0 Å². The molecule has 3 aliphatic rings. The zero-order valence-electron chi connectivity index (χ0n) is 24.4. The van der Waals surface area contributed by atoms with Crippen molar-refractivity contribution >= 4 is 44.5 Å². The lowest BCUT2D eigenvalue weighted by atomic mass is 9.76. The van der Waals surface area contributed by atoms with E-state index in [2.05, 4.69) is 152 Å². The SMILES string of the molecule is C=C/C=C\C(=C/C)n1c2ccccc2c2cc(N3c4ccccc4C4C5=C(C=C[C@H]43)C(C)(C)c3ccccc35)ccc21. The quantitative estimate of drug-likeness (QED) is 0.205. The van der Waals surface area contributed by atoms with Crippen LogP contribution in [0.4, 0.5) is 11.4 Å². The van der Waals surface area contributed by atoms with Crippen molar-refractivity contribution in [1.82, 2.24) is 4.57 Å². The second-order valence-corrected chi connectivity index (χ2v) is 12.1. The minimum atomic E-state index is 0.00104. The molecule has 1 aliphatic heterocycles. The van der Waals surface area contributed by atoms with Crippen molar-refractivity contribution in [3.63, 3.8) is 0 Å². The fourth-order valence-corrected chi connectivity index (χ4v) is 7.87. The van der Waals surface area contributed by atoms with Crippen LogP contribution in [0.3, 0.4) is 0 Å². The fraction of sp³-hybridized carbons (Fsp3) is 0.150. The molecule has 8 rings (SSSR count). The number of hydrogen-bond donors (Lipinski definition) is 0. The van der Waals surface area contributed by atoms with E-state index in [1.165, 1.54) is 61.0 Å². The summed E-state index contributed by atoms with van der Waals surface area (Å²) >= 11 is 0. The van der Waals surface area contributed by atoms with Crippen molar-refractivity contribution in [2.24, 2.45) is 0 Å². The Bertz CT molecular complexity index is 2060. The molecule has 5 aromatic rings. The van der Waals surface area contributed by atoms with Gasteiger partial charge in [-0.1, -0.05) is 111 Å². The van der Waals surface area contributed by atoms with Crippen LogP contribution in [0.1, 0.15) is 43.4 Å². The number of aromatic nitrogens is 1. The number of benzene rings is 4. The summed E-state index contributed by atoms with van der Waals surface area (Å²) in [5.74, 6) is 0.292. The zero-order chi connectivity index (χ0) is 28.6. The maximum Gasteiger partial charge on any atom is 0.0635 e. The standard InChI is InChI=1S/C40H34N2/c1-5-7-14-26(6-2)41-34-19-12-9-15-28(34)31-25-27(21-23-36(31)41)42-35-20-13-10-17-30(35)39-37(42)24-22-33-38(39)29-16-8-11-18-32(29)40(33,3)4/h5-25,37,39H,1H2,2-4H3/b14-7-,26-6+/t37-,39?/m1/s1. The normalized spacial score (nSPS) is 20.4. The molecule has 2 heteroatoms. The van der Waals surface area contributed by atoms with E-state index >= 15 is 0 Å². The van der Waals surface area contributed by atoms with Gasteiger partial charge in [-0.3, -0.25) is 0 Å². The lowest BCUT2D eigenvalue weighted by Crippen LogP contribution is -2.31. The van der Waals surface area contributed by atoms with Gasteiger partial charge < -0.3 is 9.47 Å². The molecule has 0 spiro atoms. The van der Waals surface area contributed by atoms with E-state index < -0.39 is 0 Å². The second-order valence-electron chi connectivity index (χ2n) is 12.1. The van der Waals surface area contributed by atoms with E-state index in [9.17, 15) is 0 Å². The first kappa shape index (κ1) is 24.9. The molecule has 0 saturated carbocycles. The highest BCUT2D eigenvalue weighted by Gasteiger charge is 2.48. The Balaban J connectivity index is 1.33. The Morgan fingerprint density at radius 1 is 0.857 bits per heavy atom. The van der Waals surface area contributed by atoms with Crippen molar-refractivity contribution in [2.45, 2.75) is 38.1 Å². The number of hydrogen-bond acceptors (Lipinski definition) is 1. The lowest BCUT2D eigenvalue weighted by Gasteiger charge is -2.33. The van der Waals surface area contributed by atoms with Gasteiger partial charge in [-0.25, -0.2) is 0 Å². The van der Waals surface area contributed by atoms with Crippen LogP contribution in [-0.2, 0) is 5.41 Å². The zero-order valence-corrected chi connectivity index (χ0v) is 24.4.